The van der Waals surface area contributed by atoms with Crippen LogP contribution in [0, 0.1) is 6.92 Å². The minimum atomic E-state index is 0.520. The van der Waals surface area contributed by atoms with Crippen LogP contribution in [0.4, 0.5) is 0 Å². The highest BCUT2D eigenvalue weighted by Crippen LogP contribution is 2.20. The molecule has 0 bridgehead atoms. The van der Waals surface area contributed by atoms with Crippen molar-refractivity contribution in [2.75, 3.05) is 27.4 Å². The zero-order valence-corrected chi connectivity index (χ0v) is 16.0. The Morgan fingerprint density at radius 1 is 1.23 bits per heavy atom. The average molecular weight is 360 g/mol. The van der Waals surface area contributed by atoms with Crippen LogP contribution in [0.5, 0.6) is 5.75 Å². The second kappa shape index (κ2) is 10.4. The van der Waals surface area contributed by atoms with E-state index in [1.807, 2.05) is 17.6 Å². The maximum absolute atomic E-state index is 5.83. The van der Waals surface area contributed by atoms with Crippen molar-refractivity contribution in [2.24, 2.45) is 4.99 Å². The highest BCUT2D eigenvalue weighted by molar-refractivity contribution is 5.79. The minimum Gasteiger partial charge on any atom is -0.491 e. The first-order valence-corrected chi connectivity index (χ1v) is 8.70. The van der Waals surface area contributed by atoms with Crippen LogP contribution in [-0.2, 0) is 24.4 Å². The Labute approximate surface area is 154 Å². The van der Waals surface area contributed by atoms with Crippen molar-refractivity contribution in [3.8, 4) is 5.75 Å². The zero-order chi connectivity index (χ0) is 18.8. The standard InChI is InChI=1S/C18H28N6O2/c1-5-24-13-22-23-17(24)12-21-18(19-3)20-11-15-7-6-14(2)10-16(15)26-9-8-25-4/h6-7,10,13H,5,8-9,11-12H2,1-4H3,(H2,19,20,21). The number of hydrogen-bond donors (Lipinski definition) is 2. The summed E-state index contributed by atoms with van der Waals surface area (Å²) < 4.78 is 12.9. The molecule has 1 aromatic heterocycles. The Hall–Kier alpha value is -2.61. The van der Waals surface area contributed by atoms with Crippen LogP contribution in [0.2, 0.25) is 0 Å². The summed E-state index contributed by atoms with van der Waals surface area (Å²) in [5.41, 5.74) is 2.22. The third-order valence-electron chi connectivity index (χ3n) is 3.89. The Bertz CT molecular complexity index is 713. The summed E-state index contributed by atoms with van der Waals surface area (Å²) in [5.74, 6) is 2.42. The van der Waals surface area contributed by atoms with Gasteiger partial charge in [0.15, 0.2) is 11.8 Å². The fourth-order valence-corrected chi connectivity index (χ4v) is 2.42. The van der Waals surface area contributed by atoms with Crippen LogP contribution < -0.4 is 15.4 Å². The second-order valence-corrected chi connectivity index (χ2v) is 5.76. The number of ether oxygens (including phenoxy) is 2. The molecule has 0 saturated heterocycles. The second-order valence-electron chi connectivity index (χ2n) is 5.76. The molecule has 2 rings (SSSR count). The molecule has 0 aliphatic carbocycles. The van der Waals surface area contributed by atoms with Crippen molar-refractivity contribution in [1.29, 1.82) is 0 Å². The number of aliphatic imine (C=N–C) groups is 1. The number of nitrogens with one attached hydrogen (secondary N) is 2. The van der Waals surface area contributed by atoms with E-state index in [1.54, 1.807) is 20.5 Å². The maximum Gasteiger partial charge on any atom is 0.191 e. The quantitative estimate of drug-likeness (QED) is 0.400. The number of aryl methyl sites for hydroxylation is 2. The third-order valence-corrected chi connectivity index (χ3v) is 3.89. The van der Waals surface area contributed by atoms with Crippen molar-refractivity contribution < 1.29 is 9.47 Å². The summed E-state index contributed by atoms with van der Waals surface area (Å²) in [6.45, 7) is 7.17. The topological polar surface area (TPSA) is 85.6 Å². The van der Waals surface area contributed by atoms with Crippen molar-refractivity contribution in [2.45, 2.75) is 33.5 Å². The molecule has 0 amide bonds. The first-order valence-electron chi connectivity index (χ1n) is 8.70. The zero-order valence-electron chi connectivity index (χ0n) is 16.0. The highest BCUT2D eigenvalue weighted by atomic mass is 16.5. The molecule has 2 aromatic rings. The molecule has 26 heavy (non-hydrogen) atoms. The van der Waals surface area contributed by atoms with E-state index in [2.05, 4.69) is 44.9 Å². The number of nitrogens with zero attached hydrogens (tertiary/aromatic N) is 4. The summed E-state index contributed by atoms with van der Waals surface area (Å²) in [7, 11) is 3.40. The number of methoxy groups -OCH3 is 1. The van der Waals surface area contributed by atoms with Crippen LogP contribution in [0.25, 0.3) is 0 Å². The summed E-state index contributed by atoms with van der Waals surface area (Å²) in [6, 6.07) is 6.16. The van der Waals surface area contributed by atoms with Gasteiger partial charge in [0.25, 0.3) is 0 Å². The van der Waals surface area contributed by atoms with Crippen molar-refractivity contribution in [1.82, 2.24) is 25.4 Å². The van der Waals surface area contributed by atoms with E-state index in [9.17, 15) is 0 Å². The smallest absolute Gasteiger partial charge is 0.191 e. The van der Waals surface area contributed by atoms with E-state index >= 15 is 0 Å². The van der Waals surface area contributed by atoms with Crippen LogP contribution >= 0.6 is 0 Å². The molecular formula is C18H28N6O2. The van der Waals surface area contributed by atoms with Gasteiger partial charge in [-0.05, 0) is 25.5 Å². The lowest BCUT2D eigenvalue weighted by molar-refractivity contribution is 0.145. The predicted molar refractivity (Wildman–Crippen MR) is 101 cm³/mol. The SMILES string of the molecule is CCn1cnnc1CNC(=NC)NCc1ccc(C)cc1OCCOC. The third kappa shape index (κ3) is 5.73. The molecule has 142 valence electrons. The van der Waals surface area contributed by atoms with Gasteiger partial charge in [-0.2, -0.15) is 0 Å². The van der Waals surface area contributed by atoms with Gasteiger partial charge in [0.2, 0.25) is 0 Å². The molecular weight excluding hydrogens is 332 g/mol. The van der Waals surface area contributed by atoms with Gasteiger partial charge in [0.1, 0.15) is 18.7 Å². The van der Waals surface area contributed by atoms with E-state index < -0.39 is 0 Å². The molecule has 0 saturated carbocycles. The van der Waals surface area contributed by atoms with E-state index in [-0.39, 0.29) is 0 Å². The van der Waals surface area contributed by atoms with Crippen LogP contribution in [0.1, 0.15) is 23.9 Å². The van der Waals surface area contributed by atoms with Crippen LogP contribution in [-0.4, -0.2) is 48.1 Å². The first-order chi connectivity index (χ1) is 12.7. The Balaban J connectivity index is 1.93. The Morgan fingerprint density at radius 3 is 2.77 bits per heavy atom. The van der Waals surface area contributed by atoms with Gasteiger partial charge in [-0.1, -0.05) is 12.1 Å². The molecule has 1 heterocycles. The van der Waals surface area contributed by atoms with Gasteiger partial charge < -0.3 is 24.7 Å². The molecule has 0 aliphatic rings. The largest absolute Gasteiger partial charge is 0.491 e. The number of aromatic nitrogens is 3. The molecule has 8 nitrogen and oxygen atoms in total. The van der Waals surface area contributed by atoms with Crippen molar-refractivity contribution >= 4 is 5.96 Å². The Morgan fingerprint density at radius 2 is 2.04 bits per heavy atom. The van der Waals surface area contributed by atoms with Crippen molar-refractivity contribution in [3.05, 3.63) is 41.5 Å². The van der Waals surface area contributed by atoms with Gasteiger partial charge in [-0.3, -0.25) is 4.99 Å². The fourth-order valence-electron chi connectivity index (χ4n) is 2.42. The first kappa shape index (κ1) is 19.7. The van der Waals surface area contributed by atoms with Crippen molar-refractivity contribution in [3.63, 3.8) is 0 Å². The molecule has 0 fully saturated rings. The van der Waals surface area contributed by atoms with Gasteiger partial charge >= 0.3 is 0 Å². The minimum absolute atomic E-state index is 0.520. The summed E-state index contributed by atoms with van der Waals surface area (Å²) in [5, 5.41) is 14.6. The lowest BCUT2D eigenvalue weighted by atomic mass is 10.1. The highest BCUT2D eigenvalue weighted by Gasteiger charge is 2.07. The maximum atomic E-state index is 5.83. The predicted octanol–water partition coefficient (Wildman–Crippen LogP) is 1.50. The fraction of sp³-hybridized carbons (Fsp3) is 0.500. The molecule has 1 aromatic carbocycles. The normalized spacial score (nSPS) is 11.5. The van der Waals surface area contributed by atoms with E-state index in [1.165, 1.54) is 0 Å². The van der Waals surface area contributed by atoms with E-state index in [0.717, 1.165) is 29.2 Å². The molecule has 0 radical (unpaired) electrons. The van der Waals surface area contributed by atoms with E-state index in [0.29, 0.717) is 32.3 Å². The van der Waals surface area contributed by atoms with Gasteiger partial charge in [0, 0.05) is 32.8 Å². The summed E-state index contributed by atoms with van der Waals surface area (Å²) in [4.78, 5) is 4.26. The number of benzene rings is 1. The lowest BCUT2D eigenvalue weighted by Gasteiger charge is -2.15. The van der Waals surface area contributed by atoms with Gasteiger partial charge in [-0.25, -0.2) is 0 Å². The number of hydrogen-bond acceptors (Lipinski definition) is 5. The molecule has 0 aliphatic heterocycles. The lowest BCUT2D eigenvalue weighted by Crippen LogP contribution is -2.37. The Kier molecular flexibility index (Phi) is 7.88. The number of rotatable bonds is 9. The van der Waals surface area contributed by atoms with Crippen LogP contribution in [0.3, 0.4) is 0 Å². The van der Waals surface area contributed by atoms with Gasteiger partial charge in [-0.15, -0.1) is 10.2 Å². The van der Waals surface area contributed by atoms with Gasteiger partial charge in [0.05, 0.1) is 13.2 Å². The monoisotopic (exact) mass is 360 g/mol. The molecule has 2 N–H and O–H groups in total. The molecule has 0 unspecified atom stereocenters. The number of guanidine groups is 1. The average Bonchev–Trinajstić information content (AvgIpc) is 3.11. The molecule has 8 heteroatoms. The van der Waals surface area contributed by atoms with Crippen LogP contribution in [0.15, 0.2) is 29.5 Å². The molecule has 0 atom stereocenters. The molecule has 0 spiro atoms. The van der Waals surface area contributed by atoms with E-state index in [4.69, 9.17) is 9.47 Å². The summed E-state index contributed by atoms with van der Waals surface area (Å²) >= 11 is 0. The summed E-state index contributed by atoms with van der Waals surface area (Å²) in [6.07, 6.45) is 1.73.